The number of carbonyl (C=O) groups excluding carboxylic acids is 1. The summed E-state index contributed by atoms with van der Waals surface area (Å²) in [5.41, 5.74) is 1.96. The summed E-state index contributed by atoms with van der Waals surface area (Å²) in [6.07, 6.45) is 0. The monoisotopic (exact) mass is 310 g/mol. The zero-order valence-electron chi connectivity index (χ0n) is 12.4. The van der Waals surface area contributed by atoms with Crippen LogP contribution in [0.5, 0.6) is 0 Å². The molecule has 0 saturated carbocycles. The first-order chi connectivity index (χ1) is 11.0. The first kappa shape index (κ1) is 16.0. The average molecular weight is 310 g/mol. The van der Waals surface area contributed by atoms with Crippen LogP contribution in [0, 0.1) is 28.4 Å². The van der Waals surface area contributed by atoms with Gasteiger partial charge in [0, 0.05) is 11.8 Å². The van der Waals surface area contributed by atoms with Crippen LogP contribution in [-0.2, 0) is 4.79 Å². The molecule has 0 atom stereocenters. The van der Waals surface area contributed by atoms with Crippen molar-refractivity contribution in [1.29, 1.82) is 5.26 Å². The molecule has 0 heterocycles. The number of anilines is 2. The lowest BCUT2D eigenvalue weighted by molar-refractivity contribution is -0.384. The molecule has 0 aliphatic heterocycles. The van der Waals surface area contributed by atoms with Crippen LogP contribution in [-0.4, -0.2) is 17.4 Å². The summed E-state index contributed by atoms with van der Waals surface area (Å²) in [6.45, 7) is 1.70. The summed E-state index contributed by atoms with van der Waals surface area (Å²) >= 11 is 0. The second-order valence-corrected chi connectivity index (χ2v) is 4.87. The maximum Gasteiger partial charge on any atom is 0.293 e. The summed E-state index contributed by atoms with van der Waals surface area (Å²) in [5, 5.41) is 25.1. The molecular weight excluding hydrogens is 296 g/mol. The van der Waals surface area contributed by atoms with Gasteiger partial charge < -0.3 is 10.6 Å². The van der Waals surface area contributed by atoms with Crippen molar-refractivity contribution in [3.63, 3.8) is 0 Å². The zero-order chi connectivity index (χ0) is 16.8. The predicted octanol–water partition coefficient (Wildman–Crippen LogP) is 2.83. The van der Waals surface area contributed by atoms with Gasteiger partial charge in [-0.3, -0.25) is 14.9 Å². The highest BCUT2D eigenvalue weighted by Gasteiger charge is 2.15. The van der Waals surface area contributed by atoms with E-state index in [0.717, 1.165) is 5.56 Å². The molecule has 0 spiro atoms. The maximum absolute atomic E-state index is 11.9. The Hall–Kier alpha value is -3.40. The van der Waals surface area contributed by atoms with E-state index >= 15 is 0 Å². The van der Waals surface area contributed by atoms with Crippen LogP contribution in [0.2, 0.25) is 0 Å². The minimum Gasteiger partial charge on any atom is -0.376 e. The molecule has 1 amide bonds. The van der Waals surface area contributed by atoms with Gasteiger partial charge in [0.1, 0.15) is 5.69 Å². The number of benzene rings is 2. The van der Waals surface area contributed by atoms with Gasteiger partial charge in [-0.2, -0.15) is 5.26 Å². The highest BCUT2D eigenvalue weighted by Crippen LogP contribution is 2.25. The Morgan fingerprint density at radius 3 is 2.57 bits per heavy atom. The fraction of sp³-hybridized carbons (Fsp3) is 0.125. The van der Waals surface area contributed by atoms with Crippen molar-refractivity contribution in [2.75, 3.05) is 17.2 Å². The Kier molecular flexibility index (Phi) is 4.89. The molecule has 2 rings (SSSR count). The summed E-state index contributed by atoms with van der Waals surface area (Å²) in [6, 6.07) is 13.2. The van der Waals surface area contributed by atoms with Crippen molar-refractivity contribution in [1.82, 2.24) is 0 Å². The fourth-order valence-electron chi connectivity index (χ4n) is 1.94. The van der Waals surface area contributed by atoms with Crippen LogP contribution in [0.1, 0.15) is 11.1 Å². The zero-order valence-corrected chi connectivity index (χ0v) is 12.4. The molecular formula is C16H14N4O3. The molecule has 116 valence electrons. The van der Waals surface area contributed by atoms with E-state index in [4.69, 9.17) is 5.26 Å². The second kappa shape index (κ2) is 7.04. The number of amides is 1. The van der Waals surface area contributed by atoms with Crippen molar-refractivity contribution in [2.24, 2.45) is 0 Å². The van der Waals surface area contributed by atoms with Crippen molar-refractivity contribution >= 4 is 23.0 Å². The van der Waals surface area contributed by atoms with Crippen molar-refractivity contribution < 1.29 is 9.72 Å². The SMILES string of the molecule is Cc1ccc(NC(=O)CNc2ccc(C#N)cc2)c([N+](=O)[O-])c1. The smallest absolute Gasteiger partial charge is 0.293 e. The molecule has 7 heteroatoms. The van der Waals surface area contributed by atoms with Crippen molar-refractivity contribution in [3.8, 4) is 6.07 Å². The number of nitro groups is 1. The number of aryl methyl sites for hydroxylation is 1. The lowest BCUT2D eigenvalue weighted by Crippen LogP contribution is -2.22. The molecule has 2 aromatic rings. The Morgan fingerprint density at radius 2 is 1.96 bits per heavy atom. The number of rotatable bonds is 5. The summed E-state index contributed by atoms with van der Waals surface area (Å²) < 4.78 is 0. The molecule has 23 heavy (non-hydrogen) atoms. The molecule has 0 aliphatic carbocycles. The molecule has 7 nitrogen and oxygen atoms in total. The Morgan fingerprint density at radius 1 is 1.26 bits per heavy atom. The molecule has 0 bridgehead atoms. The molecule has 2 N–H and O–H groups in total. The van der Waals surface area contributed by atoms with Crippen LogP contribution in [0.3, 0.4) is 0 Å². The van der Waals surface area contributed by atoms with Gasteiger partial charge in [-0.1, -0.05) is 6.07 Å². The van der Waals surface area contributed by atoms with Gasteiger partial charge in [-0.05, 0) is 42.8 Å². The van der Waals surface area contributed by atoms with Crippen LogP contribution in [0.25, 0.3) is 0 Å². The number of carbonyl (C=O) groups is 1. The van der Waals surface area contributed by atoms with Gasteiger partial charge in [0.05, 0.1) is 23.1 Å². The Labute approximate surface area is 132 Å². The van der Waals surface area contributed by atoms with Crippen molar-refractivity contribution in [2.45, 2.75) is 6.92 Å². The second-order valence-electron chi connectivity index (χ2n) is 4.87. The maximum atomic E-state index is 11.9. The van der Waals surface area contributed by atoms with Crippen LogP contribution >= 0.6 is 0 Å². The highest BCUT2D eigenvalue weighted by molar-refractivity contribution is 5.95. The van der Waals surface area contributed by atoms with E-state index in [1.165, 1.54) is 12.1 Å². The van der Waals surface area contributed by atoms with E-state index in [9.17, 15) is 14.9 Å². The average Bonchev–Trinajstić information content (AvgIpc) is 2.55. The number of nitriles is 1. The Balaban J connectivity index is 1.99. The topological polar surface area (TPSA) is 108 Å². The van der Waals surface area contributed by atoms with Gasteiger partial charge in [0.15, 0.2) is 0 Å². The minimum absolute atomic E-state index is 0.0447. The number of hydrogen-bond donors (Lipinski definition) is 2. The molecule has 0 saturated heterocycles. The fourth-order valence-corrected chi connectivity index (χ4v) is 1.94. The minimum atomic E-state index is -0.531. The summed E-state index contributed by atoms with van der Waals surface area (Å²) in [5.74, 6) is -0.402. The number of nitrogens with zero attached hydrogens (tertiary/aromatic N) is 2. The van der Waals surface area contributed by atoms with E-state index in [-0.39, 0.29) is 17.9 Å². The highest BCUT2D eigenvalue weighted by atomic mass is 16.6. The molecule has 0 unspecified atom stereocenters. The summed E-state index contributed by atoms with van der Waals surface area (Å²) in [4.78, 5) is 22.4. The third kappa shape index (κ3) is 4.28. The summed E-state index contributed by atoms with van der Waals surface area (Å²) in [7, 11) is 0. The Bertz CT molecular complexity index is 779. The molecule has 2 aromatic carbocycles. The van der Waals surface area contributed by atoms with Crippen LogP contribution < -0.4 is 10.6 Å². The first-order valence-corrected chi connectivity index (χ1v) is 6.78. The third-order valence-electron chi connectivity index (χ3n) is 3.09. The number of hydrogen-bond acceptors (Lipinski definition) is 5. The normalized spacial score (nSPS) is 9.74. The van der Waals surface area contributed by atoms with E-state index in [2.05, 4.69) is 10.6 Å². The van der Waals surface area contributed by atoms with Crippen LogP contribution in [0.15, 0.2) is 42.5 Å². The van der Waals surface area contributed by atoms with Gasteiger partial charge in [0.25, 0.3) is 5.69 Å². The molecule has 0 aliphatic rings. The van der Waals surface area contributed by atoms with Crippen molar-refractivity contribution in [3.05, 3.63) is 63.7 Å². The largest absolute Gasteiger partial charge is 0.376 e. The van der Waals surface area contributed by atoms with Gasteiger partial charge in [0.2, 0.25) is 5.91 Å². The quantitative estimate of drug-likeness (QED) is 0.652. The number of nitro benzene ring substituents is 1. The van der Waals surface area contributed by atoms with E-state index in [1.807, 2.05) is 6.07 Å². The lowest BCUT2D eigenvalue weighted by Gasteiger charge is -2.08. The lowest BCUT2D eigenvalue weighted by atomic mass is 10.2. The molecule has 0 aromatic heterocycles. The van der Waals surface area contributed by atoms with Gasteiger partial charge in [-0.15, -0.1) is 0 Å². The van der Waals surface area contributed by atoms with Gasteiger partial charge >= 0.3 is 0 Å². The molecule has 0 fully saturated rings. The standard InChI is InChI=1S/C16H14N4O3/c1-11-2-7-14(15(8-11)20(22)23)19-16(21)10-18-13-5-3-12(9-17)4-6-13/h2-8,18H,10H2,1H3,(H,19,21). The predicted molar refractivity (Wildman–Crippen MR) is 86.1 cm³/mol. The van der Waals surface area contributed by atoms with Crippen LogP contribution in [0.4, 0.5) is 17.1 Å². The molecule has 0 radical (unpaired) electrons. The van der Waals surface area contributed by atoms with E-state index < -0.39 is 10.8 Å². The third-order valence-corrected chi connectivity index (χ3v) is 3.09. The van der Waals surface area contributed by atoms with E-state index in [1.54, 1.807) is 37.3 Å². The van der Waals surface area contributed by atoms with E-state index in [0.29, 0.717) is 11.3 Å². The first-order valence-electron chi connectivity index (χ1n) is 6.78. The van der Waals surface area contributed by atoms with Gasteiger partial charge in [-0.25, -0.2) is 0 Å². The number of nitrogens with one attached hydrogen (secondary N) is 2.